The number of anilines is 2. The first-order valence-electron chi connectivity index (χ1n) is 29.3. The molecule has 4 unspecified atom stereocenters. The zero-order chi connectivity index (χ0) is 63.1. The van der Waals surface area contributed by atoms with Crippen molar-refractivity contribution >= 4 is 65.3 Å². The van der Waals surface area contributed by atoms with Crippen LogP contribution in [0.25, 0.3) is 0 Å². The summed E-state index contributed by atoms with van der Waals surface area (Å²) in [5, 5.41) is 22.8. The van der Waals surface area contributed by atoms with Gasteiger partial charge in [-0.15, -0.1) is 0 Å². The van der Waals surface area contributed by atoms with Gasteiger partial charge in [-0.2, -0.15) is 0 Å². The molecule has 3 aromatic carbocycles. The van der Waals surface area contributed by atoms with Crippen LogP contribution >= 0.6 is 0 Å². The van der Waals surface area contributed by atoms with Crippen LogP contribution < -0.4 is 45.1 Å². The van der Waals surface area contributed by atoms with Crippen LogP contribution in [0.15, 0.2) is 101 Å². The molecule has 4 aliphatic rings. The average molecular weight is 1220 g/mol. The molecule has 0 saturated heterocycles. The van der Waals surface area contributed by atoms with Crippen molar-refractivity contribution in [1.82, 2.24) is 25.8 Å². The molecule has 3 aromatic rings. The minimum absolute atomic E-state index is 0.00204. The number of amides is 7. The third-order valence-electron chi connectivity index (χ3n) is 14.4. The molecule has 0 radical (unpaired) electrons. The van der Waals surface area contributed by atoms with Crippen LogP contribution in [0.1, 0.15) is 86.6 Å². The Morgan fingerprint density at radius 1 is 0.705 bits per heavy atom. The number of benzene rings is 3. The highest BCUT2D eigenvalue weighted by atomic mass is 16.6. The van der Waals surface area contributed by atoms with Gasteiger partial charge in [0.05, 0.1) is 115 Å². The molecule has 7 amide bonds. The number of allylic oxidation sites excluding steroid dienone is 4. The predicted molar refractivity (Wildman–Crippen MR) is 325 cm³/mol. The molecular formula is C63H80N8O17. The van der Waals surface area contributed by atoms with Crippen LogP contribution in [0.3, 0.4) is 0 Å². The molecule has 0 aromatic heterocycles. The number of rotatable bonds is 34. The number of methoxy groups -OCH3 is 2. The van der Waals surface area contributed by atoms with E-state index >= 15 is 0 Å². The number of ether oxygens (including phenoxy) is 9. The first kappa shape index (κ1) is 66.9. The fraction of sp³-hybridized carbons (Fsp3) is 0.460. The van der Waals surface area contributed by atoms with Crippen LogP contribution in [0.2, 0.25) is 0 Å². The Morgan fingerprint density at radius 3 is 1.92 bits per heavy atom. The van der Waals surface area contributed by atoms with Crippen molar-refractivity contribution < 1.29 is 81.3 Å². The predicted octanol–water partition coefficient (Wildman–Crippen LogP) is 5.88. The molecule has 0 spiro atoms. The smallest absolute Gasteiger partial charge is 0.416 e. The van der Waals surface area contributed by atoms with E-state index in [0.29, 0.717) is 99.4 Å². The summed E-state index contributed by atoms with van der Waals surface area (Å²) in [5.74, 6) is -1.37. The third-order valence-corrected chi connectivity index (χ3v) is 14.4. The second-order valence-corrected chi connectivity index (χ2v) is 21.1. The summed E-state index contributed by atoms with van der Waals surface area (Å²) in [6.07, 6.45) is 12.1. The number of aliphatic imine (C=N–C) groups is 1. The second-order valence-electron chi connectivity index (χ2n) is 21.1. The molecule has 4 heterocycles. The SMILES string of the molecule is C/C=C/C1=CN2C(=O)c3cc(OC)c(OCCCOc4cc5c(cc4OC)C(=O)N4C=C(/C=C/C)CC4C(O)N5C(=O)OCc4ccc(NC(=O)C(C)NC(=O)[C@@H](NC(=O)CCOCCOCCOCCOCCNC=O)C(C)C)cc4)cc3N=CC2C1. The highest BCUT2D eigenvalue weighted by Crippen LogP contribution is 2.43. The topological polar surface area (TPSA) is 293 Å². The van der Waals surface area contributed by atoms with Crippen LogP contribution in [0.5, 0.6) is 23.0 Å². The number of hydrogen-bond acceptors (Lipinski definition) is 18. The zero-order valence-electron chi connectivity index (χ0n) is 50.8. The standard InChI is InChI=1S/C63H80N8O17/c1-8-11-43-29-46-35-65-49-33-54(52(80-6)31-47(49)60(76)69(46)36-43)86-19-10-20-87-55-34-50-48(32-53(55)81-7)61(77)70-37-44(12-9-2)30-51(70)62(78)71(50)63(79)88-38-42-13-15-45(16-14-42)67-58(74)41(5)66-59(75)57(40(3)4)68-56(73)17-21-82-23-25-84-27-28-85-26-24-83-22-18-64-39-72/h8-9,11-16,31-37,39-41,46,51,57,62,78H,10,17-30,38H2,1-7H3,(H,64,72)(H,66,75)(H,67,74)(H,68,73)/b11-8+,12-9+/t41?,46?,51?,57-,62?/m0/s1. The van der Waals surface area contributed by atoms with Gasteiger partial charge in [0, 0.05) is 55.8 Å². The number of carbonyl (C=O) groups excluding carboxylic acids is 7. The molecule has 25 nitrogen and oxygen atoms in total. The Balaban J connectivity index is 0.905. The summed E-state index contributed by atoms with van der Waals surface area (Å²) >= 11 is 0. The largest absolute Gasteiger partial charge is 0.493 e. The fourth-order valence-corrected chi connectivity index (χ4v) is 9.87. The van der Waals surface area contributed by atoms with E-state index in [9.17, 15) is 38.7 Å². The minimum Gasteiger partial charge on any atom is -0.493 e. The van der Waals surface area contributed by atoms with Gasteiger partial charge in [0.2, 0.25) is 24.1 Å². The van der Waals surface area contributed by atoms with Crippen molar-refractivity contribution in [3.8, 4) is 23.0 Å². The number of carbonyl (C=O) groups is 7. The molecule has 7 rings (SSSR count). The molecule has 88 heavy (non-hydrogen) atoms. The zero-order valence-corrected chi connectivity index (χ0v) is 50.8. The van der Waals surface area contributed by atoms with Gasteiger partial charge in [-0.3, -0.25) is 33.8 Å². The van der Waals surface area contributed by atoms with Crippen LogP contribution in [-0.4, -0.2) is 180 Å². The maximum absolute atomic E-state index is 14.4. The molecule has 0 aliphatic carbocycles. The molecule has 474 valence electrons. The normalized spacial score (nSPS) is 17.5. The molecule has 0 saturated carbocycles. The molecular weight excluding hydrogens is 1140 g/mol. The third kappa shape index (κ3) is 18.0. The lowest BCUT2D eigenvalue weighted by atomic mass is 10.0. The van der Waals surface area contributed by atoms with E-state index in [4.69, 9.17) is 42.6 Å². The molecule has 25 heteroatoms. The number of nitrogens with one attached hydrogen (secondary N) is 4. The summed E-state index contributed by atoms with van der Waals surface area (Å²) in [4.78, 5) is 101. The monoisotopic (exact) mass is 1220 g/mol. The van der Waals surface area contributed by atoms with E-state index in [1.807, 2.05) is 44.4 Å². The lowest BCUT2D eigenvalue weighted by Gasteiger charge is -2.31. The van der Waals surface area contributed by atoms with Gasteiger partial charge in [-0.1, -0.05) is 50.3 Å². The Hall–Kier alpha value is -8.62. The lowest BCUT2D eigenvalue weighted by molar-refractivity contribution is -0.132. The maximum atomic E-state index is 14.4. The summed E-state index contributed by atoms with van der Waals surface area (Å²) in [7, 11) is 2.91. The number of aliphatic hydroxyl groups excluding tert-OH is 1. The van der Waals surface area contributed by atoms with Crippen LogP contribution in [0.4, 0.5) is 21.9 Å². The number of fused-ring (bicyclic) bond motifs is 4. The van der Waals surface area contributed by atoms with Crippen molar-refractivity contribution in [2.75, 3.05) is 97.0 Å². The summed E-state index contributed by atoms with van der Waals surface area (Å²) < 4.78 is 51.2. The van der Waals surface area contributed by atoms with Gasteiger partial charge in [-0.05, 0) is 80.5 Å². The highest BCUT2D eigenvalue weighted by molar-refractivity contribution is 6.07. The molecule has 0 fully saturated rings. The second kappa shape index (κ2) is 33.5. The van der Waals surface area contributed by atoms with Crippen molar-refractivity contribution in [1.29, 1.82) is 0 Å². The Kier molecular flexibility index (Phi) is 25.5. The highest BCUT2D eigenvalue weighted by Gasteiger charge is 2.45. The van der Waals surface area contributed by atoms with E-state index in [1.165, 1.54) is 38.2 Å². The van der Waals surface area contributed by atoms with Crippen molar-refractivity contribution in [2.45, 2.75) is 97.3 Å². The molecule has 0 bridgehead atoms. The first-order valence-corrected chi connectivity index (χ1v) is 29.3. The Labute approximate surface area is 512 Å². The maximum Gasteiger partial charge on any atom is 0.416 e. The summed E-state index contributed by atoms with van der Waals surface area (Å²) in [5.41, 5.74) is 3.59. The fourth-order valence-electron chi connectivity index (χ4n) is 9.87. The van der Waals surface area contributed by atoms with Gasteiger partial charge in [0.15, 0.2) is 29.2 Å². The van der Waals surface area contributed by atoms with Crippen molar-refractivity contribution in [2.24, 2.45) is 10.9 Å². The molecule has 5 atom stereocenters. The summed E-state index contributed by atoms with van der Waals surface area (Å²) in [6.45, 7) is 11.8. The van der Waals surface area contributed by atoms with E-state index in [0.717, 1.165) is 16.0 Å². The minimum atomic E-state index is -1.57. The Bertz CT molecular complexity index is 3090. The lowest BCUT2D eigenvalue weighted by Crippen LogP contribution is -2.53. The van der Waals surface area contributed by atoms with Crippen molar-refractivity contribution in [3.05, 3.63) is 113 Å². The summed E-state index contributed by atoms with van der Waals surface area (Å²) in [6, 6.07) is 9.65. The quantitative estimate of drug-likeness (QED) is 0.0345. The van der Waals surface area contributed by atoms with Crippen molar-refractivity contribution in [3.63, 3.8) is 0 Å². The number of nitrogens with zero attached hydrogens (tertiary/aromatic N) is 4. The molecule has 4 aliphatic heterocycles. The van der Waals surface area contributed by atoms with E-state index in [2.05, 4.69) is 26.3 Å². The van der Waals surface area contributed by atoms with Gasteiger partial charge < -0.3 is 78.8 Å². The number of hydrogen-bond donors (Lipinski definition) is 5. The van der Waals surface area contributed by atoms with Crippen LogP contribution in [-0.2, 0) is 49.5 Å². The average Bonchev–Trinajstić information content (AvgIpc) is 1.66. The van der Waals surface area contributed by atoms with Gasteiger partial charge in [0.25, 0.3) is 11.8 Å². The van der Waals surface area contributed by atoms with E-state index in [1.54, 1.807) is 67.6 Å². The van der Waals surface area contributed by atoms with Crippen LogP contribution in [0, 0.1) is 5.92 Å². The number of aliphatic hydroxyl groups is 1. The van der Waals surface area contributed by atoms with Gasteiger partial charge in [-0.25, -0.2) is 9.69 Å². The first-order chi connectivity index (χ1) is 42.6. The van der Waals surface area contributed by atoms with E-state index < -0.39 is 54.1 Å². The van der Waals surface area contributed by atoms with E-state index in [-0.39, 0.29) is 86.5 Å². The van der Waals surface area contributed by atoms with Gasteiger partial charge >= 0.3 is 6.09 Å². The van der Waals surface area contributed by atoms with Gasteiger partial charge in [0.1, 0.15) is 18.7 Å². The Morgan fingerprint density at radius 2 is 1.30 bits per heavy atom. The molecule has 5 N–H and O–H groups in total.